The number of aromatic amines is 1. The van der Waals surface area contributed by atoms with Crippen LogP contribution < -0.4 is 10.6 Å². The molecule has 3 N–H and O–H groups in total. The van der Waals surface area contributed by atoms with Crippen LogP contribution in [0.25, 0.3) is 33.5 Å². The number of urea groups is 1. The van der Waals surface area contributed by atoms with Crippen molar-refractivity contribution < 1.29 is 14.3 Å². The van der Waals surface area contributed by atoms with Gasteiger partial charge in [-0.3, -0.25) is 9.78 Å². The third-order valence-electron chi connectivity index (χ3n) is 5.46. The molecule has 0 fully saturated rings. The van der Waals surface area contributed by atoms with E-state index >= 15 is 0 Å². The third-order valence-corrected chi connectivity index (χ3v) is 5.46. The van der Waals surface area contributed by atoms with Crippen molar-refractivity contribution in [2.45, 2.75) is 13.0 Å². The van der Waals surface area contributed by atoms with Crippen molar-refractivity contribution in [3.63, 3.8) is 0 Å². The van der Waals surface area contributed by atoms with E-state index in [9.17, 15) is 9.59 Å². The van der Waals surface area contributed by atoms with Gasteiger partial charge in [0, 0.05) is 11.8 Å². The van der Waals surface area contributed by atoms with Gasteiger partial charge in [-0.05, 0) is 35.2 Å². The summed E-state index contributed by atoms with van der Waals surface area (Å²) in [5, 5.41) is 5.57. The molecule has 2 aromatic carbocycles. The summed E-state index contributed by atoms with van der Waals surface area (Å²) in [6, 6.07) is 15.0. The first kappa shape index (κ1) is 19.7. The van der Waals surface area contributed by atoms with Gasteiger partial charge >= 0.3 is 12.0 Å². The zero-order valence-electron chi connectivity index (χ0n) is 17.4. The number of esters is 1. The number of hydrogen-bond acceptors (Lipinski definition) is 5. The second-order valence-corrected chi connectivity index (χ2v) is 7.40. The van der Waals surface area contributed by atoms with Gasteiger partial charge in [-0.2, -0.15) is 0 Å². The molecule has 2 amide bonds. The lowest BCUT2D eigenvalue weighted by atomic mass is 9.99. The Bertz CT molecular complexity index is 1300. The van der Waals surface area contributed by atoms with Crippen molar-refractivity contribution in [2.75, 3.05) is 13.2 Å². The summed E-state index contributed by atoms with van der Waals surface area (Å²) in [5.41, 5.74) is 6.65. The standard InChI is InChI=1S/C24H21N5O3/c1-2-32-20(30)13-26-24(31)29-22-15-7-4-3-6-14(15)21-16(22)8-5-9-17(21)23-27-18-10-11-25-12-19(18)28-23/h3-12,22H,2,13H2,1H3,(H,27,28)(H2,26,29,31). The van der Waals surface area contributed by atoms with Gasteiger partial charge in [0.2, 0.25) is 0 Å². The van der Waals surface area contributed by atoms with Crippen LogP contribution in [-0.2, 0) is 9.53 Å². The Labute approximate surface area is 184 Å². The molecule has 1 atom stereocenters. The van der Waals surface area contributed by atoms with E-state index in [1.165, 1.54) is 0 Å². The SMILES string of the molecule is CCOC(=O)CNC(=O)NC1c2ccccc2-c2c(-c3nc4ccncc4[nH]3)cccc21. The summed E-state index contributed by atoms with van der Waals surface area (Å²) in [7, 11) is 0. The number of fused-ring (bicyclic) bond motifs is 4. The largest absolute Gasteiger partial charge is 0.465 e. The van der Waals surface area contributed by atoms with Crippen molar-refractivity contribution in [1.29, 1.82) is 0 Å². The Hall–Kier alpha value is -4.20. The normalized spacial score (nSPS) is 14.0. The highest BCUT2D eigenvalue weighted by atomic mass is 16.5. The fourth-order valence-corrected chi connectivity index (χ4v) is 4.14. The quantitative estimate of drug-likeness (QED) is 0.422. The number of imidazole rings is 1. The van der Waals surface area contributed by atoms with Crippen LogP contribution >= 0.6 is 0 Å². The molecule has 0 bridgehead atoms. The zero-order chi connectivity index (χ0) is 22.1. The van der Waals surface area contributed by atoms with E-state index in [0.29, 0.717) is 0 Å². The topological polar surface area (TPSA) is 109 Å². The molecule has 2 heterocycles. The predicted octanol–water partition coefficient (Wildman–Crippen LogP) is 3.56. The van der Waals surface area contributed by atoms with Crippen LogP contribution in [0.15, 0.2) is 60.9 Å². The van der Waals surface area contributed by atoms with Crippen LogP contribution in [0.5, 0.6) is 0 Å². The smallest absolute Gasteiger partial charge is 0.325 e. The first-order valence-electron chi connectivity index (χ1n) is 10.4. The highest BCUT2D eigenvalue weighted by Gasteiger charge is 2.32. The average molecular weight is 427 g/mol. The highest BCUT2D eigenvalue weighted by molar-refractivity contribution is 5.92. The van der Waals surface area contributed by atoms with Gasteiger partial charge in [0.1, 0.15) is 12.4 Å². The Kier molecular flexibility index (Phi) is 5.03. The van der Waals surface area contributed by atoms with Gasteiger partial charge in [0.05, 0.1) is 29.9 Å². The number of pyridine rings is 1. The summed E-state index contributed by atoms with van der Waals surface area (Å²) in [6.07, 6.45) is 3.47. The monoisotopic (exact) mass is 427 g/mol. The molecule has 1 unspecified atom stereocenters. The summed E-state index contributed by atoms with van der Waals surface area (Å²) in [5.74, 6) is 0.267. The number of ether oxygens (including phenoxy) is 1. The van der Waals surface area contributed by atoms with Crippen molar-refractivity contribution in [3.8, 4) is 22.5 Å². The number of hydrogen-bond donors (Lipinski definition) is 3. The van der Waals surface area contributed by atoms with Crippen LogP contribution in [-0.4, -0.2) is 40.1 Å². The van der Waals surface area contributed by atoms with Crippen LogP contribution in [0.2, 0.25) is 0 Å². The maximum absolute atomic E-state index is 12.5. The maximum atomic E-state index is 12.5. The number of H-pyrrole nitrogens is 1. The molecular formula is C24H21N5O3. The van der Waals surface area contributed by atoms with Crippen LogP contribution in [0, 0.1) is 0 Å². The molecule has 8 nitrogen and oxygen atoms in total. The van der Waals surface area contributed by atoms with E-state index < -0.39 is 12.0 Å². The number of benzene rings is 2. The minimum Gasteiger partial charge on any atom is -0.465 e. The molecule has 160 valence electrons. The maximum Gasteiger partial charge on any atom is 0.325 e. The summed E-state index contributed by atoms with van der Waals surface area (Å²) in [4.78, 5) is 36.4. The number of carbonyl (C=O) groups is 2. The van der Waals surface area contributed by atoms with E-state index in [2.05, 4.69) is 20.6 Å². The summed E-state index contributed by atoms with van der Waals surface area (Å²) in [6.45, 7) is 1.81. The molecule has 4 aromatic rings. The van der Waals surface area contributed by atoms with Gasteiger partial charge in [0.25, 0.3) is 0 Å². The molecule has 0 aliphatic heterocycles. The number of carbonyl (C=O) groups excluding carboxylic acids is 2. The van der Waals surface area contributed by atoms with Gasteiger partial charge in [-0.1, -0.05) is 42.5 Å². The molecule has 32 heavy (non-hydrogen) atoms. The van der Waals surface area contributed by atoms with Gasteiger partial charge in [0.15, 0.2) is 0 Å². The van der Waals surface area contributed by atoms with E-state index in [1.54, 1.807) is 19.3 Å². The molecule has 0 radical (unpaired) electrons. The molecular weight excluding hydrogens is 406 g/mol. The Morgan fingerprint density at radius 1 is 1.06 bits per heavy atom. The number of aromatic nitrogens is 3. The van der Waals surface area contributed by atoms with E-state index in [1.807, 2.05) is 48.5 Å². The van der Waals surface area contributed by atoms with Crippen molar-refractivity contribution in [3.05, 3.63) is 72.1 Å². The van der Waals surface area contributed by atoms with E-state index in [-0.39, 0.29) is 19.2 Å². The first-order chi connectivity index (χ1) is 15.7. The van der Waals surface area contributed by atoms with E-state index in [4.69, 9.17) is 9.72 Å². The van der Waals surface area contributed by atoms with Crippen LogP contribution in [0.3, 0.4) is 0 Å². The number of nitrogens with zero attached hydrogens (tertiary/aromatic N) is 2. The molecule has 0 saturated heterocycles. The first-order valence-corrected chi connectivity index (χ1v) is 10.4. The fourth-order valence-electron chi connectivity index (χ4n) is 4.14. The van der Waals surface area contributed by atoms with Gasteiger partial charge < -0.3 is 20.4 Å². The summed E-state index contributed by atoms with van der Waals surface area (Å²) >= 11 is 0. The Morgan fingerprint density at radius 2 is 1.88 bits per heavy atom. The lowest BCUT2D eigenvalue weighted by molar-refractivity contribution is -0.141. The number of nitrogens with one attached hydrogen (secondary N) is 3. The minimum absolute atomic E-state index is 0.187. The molecule has 0 spiro atoms. The Balaban J connectivity index is 1.51. The number of rotatable bonds is 5. The second-order valence-electron chi connectivity index (χ2n) is 7.40. The second kappa shape index (κ2) is 8.14. The van der Waals surface area contributed by atoms with E-state index in [0.717, 1.165) is 44.7 Å². The van der Waals surface area contributed by atoms with Crippen molar-refractivity contribution in [2.24, 2.45) is 0 Å². The van der Waals surface area contributed by atoms with Crippen LogP contribution in [0.4, 0.5) is 4.79 Å². The fraction of sp³-hybridized carbons (Fsp3) is 0.167. The Morgan fingerprint density at radius 3 is 2.72 bits per heavy atom. The van der Waals surface area contributed by atoms with Crippen LogP contribution in [0.1, 0.15) is 24.1 Å². The molecule has 1 aliphatic carbocycles. The third kappa shape index (κ3) is 3.45. The highest BCUT2D eigenvalue weighted by Crippen LogP contribution is 2.47. The van der Waals surface area contributed by atoms with Gasteiger partial charge in [-0.25, -0.2) is 9.78 Å². The van der Waals surface area contributed by atoms with Crippen molar-refractivity contribution in [1.82, 2.24) is 25.6 Å². The van der Waals surface area contributed by atoms with Gasteiger partial charge in [-0.15, -0.1) is 0 Å². The predicted molar refractivity (Wildman–Crippen MR) is 120 cm³/mol. The molecule has 0 saturated carbocycles. The molecule has 2 aromatic heterocycles. The lowest BCUT2D eigenvalue weighted by Crippen LogP contribution is -2.40. The lowest BCUT2D eigenvalue weighted by Gasteiger charge is -2.16. The average Bonchev–Trinajstić information content (AvgIpc) is 3.38. The zero-order valence-corrected chi connectivity index (χ0v) is 17.4. The summed E-state index contributed by atoms with van der Waals surface area (Å²) < 4.78 is 4.87. The minimum atomic E-state index is -0.475. The molecule has 1 aliphatic rings. The molecule has 8 heteroatoms. The number of amides is 2. The molecule has 5 rings (SSSR count). The van der Waals surface area contributed by atoms with Crippen molar-refractivity contribution >= 4 is 23.0 Å².